The molecule has 13 heavy (non-hydrogen) atoms. The molecule has 0 bridgehead atoms. The predicted octanol–water partition coefficient (Wildman–Crippen LogP) is 1.43. The minimum Gasteiger partial charge on any atom is -0.478 e. The van der Waals surface area contributed by atoms with E-state index in [1.165, 1.54) is 6.08 Å². The highest BCUT2D eigenvalue weighted by Gasteiger charge is 2.22. The summed E-state index contributed by atoms with van der Waals surface area (Å²) in [7, 11) is 0. The van der Waals surface area contributed by atoms with Crippen molar-refractivity contribution in [3.8, 4) is 0 Å². The van der Waals surface area contributed by atoms with Gasteiger partial charge in [-0.2, -0.15) is 0 Å². The van der Waals surface area contributed by atoms with Crippen molar-refractivity contribution in [3.63, 3.8) is 0 Å². The summed E-state index contributed by atoms with van der Waals surface area (Å²) >= 11 is 0. The zero-order valence-corrected chi connectivity index (χ0v) is 7.65. The number of aliphatic hydroxyl groups is 1. The molecule has 0 amide bonds. The van der Waals surface area contributed by atoms with Gasteiger partial charge in [-0.25, -0.2) is 4.79 Å². The first-order valence-corrected chi connectivity index (χ1v) is 4.76. The molecule has 2 N–H and O–H groups in total. The summed E-state index contributed by atoms with van der Waals surface area (Å²) in [6.45, 7) is 0.175. The topological polar surface area (TPSA) is 57.5 Å². The molecule has 0 saturated heterocycles. The molecule has 1 fully saturated rings. The third kappa shape index (κ3) is 3.19. The van der Waals surface area contributed by atoms with E-state index in [1.54, 1.807) is 6.08 Å². The Morgan fingerprint density at radius 2 is 2.08 bits per heavy atom. The third-order valence-electron chi connectivity index (χ3n) is 2.69. The zero-order valence-electron chi connectivity index (χ0n) is 7.65. The first-order valence-electron chi connectivity index (χ1n) is 4.76. The highest BCUT2D eigenvalue weighted by atomic mass is 16.4. The van der Waals surface area contributed by atoms with Gasteiger partial charge in [0.25, 0.3) is 0 Å². The number of aliphatic carboxylic acids is 1. The normalized spacial score (nSPS) is 29.3. The molecular weight excluding hydrogens is 168 g/mol. The first kappa shape index (κ1) is 10.3. The summed E-state index contributed by atoms with van der Waals surface area (Å²) in [5.41, 5.74) is 0. The van der Waals surface area contributed by atoms with Gasteiger partial charge in [0.05, 0.1) is 0 Å². The Morgan fingerprint density at radius 3 is 2.69 bits per heavy atom. The molecule has 3 heteroatoms. The Labute approximate surface area is 78.1 Å². The van der Waals surface area contributed by atoms with Gasteiger partial charge < -0.3 is 10.2 Å². The van der Waals surface area contributed by atoms with E-state index in [0.717, 1.165) is 25.7 Å². The molecule has 1 saturated carbocycles. The number of carboxylic acids is 1. The molecule has 1 aliphatic rings. The van der Waals surface area contributed by atoms with Crippen LogP contribution in [0.5, 0.6) is 0 Å². The van der Waals surface area contributed by atoms with E-state index in [0.29, 0.717) is 0 Å². The van der Waals surface area contributed by atoms with Crippen molar-refractivity contribution >= 4 is 5.97 Å². The molecule has 2 atom stereocenters. The summed E-state index contributed by atoms with van der Waals surface area (Å²) < 4.78 is 0. The van der Waals surface area contributed by atoms with Gasteiger partial charge >= 0.3 is 5.97 Å². The van der Waals surface area contributed by atoms with E-state index in [9.17, 15) is 4.79 Å². The molecule has 0 aliphatic heterocycles. The number of carboxylic acid groups (broad SMARTS) is 1. The first-order chi connectivity index (χ1) is 6.24. The van der Waals surface area contributed by atoms with Crippen molar-refractivity contribution in [2.24, 2.45) is 11.8 Å². The lowest BCUT2D eigenvalue weighted by molar-refractivity contribution is -0.131. The van der Waals surface area contributed by atoms with Crippen LogP contribution >= 0.6 is 0 Å². The summed E-state index contributed by atoms with van der Waals surface area (Å²) in [4.78, 5) is 10.3. The second-order valence-electron chi connectivity index (χ2n) is 3.59. The van der Waals surface area contributed by atoms with Crippen molar-refractivity contribution in [2.75, 3.05) is 6.61 Å². The van der Waals surface area contributed by atoms with Gasteiger partial charge in [0.1, 0.15) is 0 Å². The second kappa shape index (κ2) is 5.02. The van der Waals surface area contributed by atoms with Crippen LogP contribution in [0, 0.1) is 11.8 Å². The fraction of sp³-hybridized carbons (Fsp3) is 0.700. The van der Waals surface area contributed by atoms with Gasteiger partial charge in [0.15, 0.2) is 0 Å². The standard InChI is InChI=1S/C10H16O3/c11-7-9-4-2-1-3-8(9)5-6-10(12)13/h5-6,8-9,11H,1-4,7H2,(H,12,13). The Bertz CT molecular complexity index is 198. The molecule has 0 aromatic heterocycles. The maximum atomic E-state index is 10.3. The smallest absolute Gasteiger partial charge is 0.327 e. The summed E-state index contributed by atoms with van der Waals surface area (Å²) in [6, 6.07) is 0. The summed E-state index contributed by atoms with van der Waals surface area (Å²) in [5.74, 6) is -0.374. The molecule has 3 nitrogen and oxygen atoms in total. The van der Waals surface area contributed by atoms with Crippen LogP contribution in [0.2, 0.25) is 0 Å². The number of hydrogen-bond acceptors (Lipinski definition) is 2. The van der Waals surface area contributed by atoms with Crippen molar-refractivity contribution in [3.05, 3.63) is 12.2 Å². The van der Waals surface area contributed by atoms with Crippen molar-refractivity contribution in [2.45, 2.75) is 25.7 Å². The van der Waals surface area contributed by atoms with Crippen LogP contribution in [-0.2, 0) is 4.79 Å². The Balaban J connectivity index is 2.49. The lowest BCUT2D eigenvalue weighted by Crippen LogP contribution is -2.21. The largest absolute Gasteiger partial charge is 0.478 e. The quantitative estimate of drug-likeness (QED) is 0.652. The predicted molar refractivity (Wildman–Crippen MR) is 49.3 cm³/mol. The number of carbonyl (C=O) groups is 1. The van der Waals surface area contributed by atoms with Gasteiger partial charge in [0, 0.05) is 12.7 Å². The second-order valence-corrected chi connectivity index (χ2v) is 3.59. The van der Waals surface area contributed by atoms with Crippen LogP contribution < -0.4 is 0 Å². The Hall–Kier alpha value is -0.830. The average Bonchev–Trinajstić information content (AvgIpc) is 2.15. The van der Waals surface area contributed by atoms with E-state index in [2.05, 4.69) is 0 Å². The van der Waals surface area contributed by atoms with Gasteiger partial charge in [-0.3, -0.25) is 0 Å². The van der Waals surface area contributed by atoms with Crippen LogP contribution in [0.15, 0.2) is 12.2 Å². The molecule has 0 radical (unpaired) electrons. The summed E-state index contributed by atoms with van der Waals surface area (Å²) in [5, 5.41) is 17.5. The third-order valence-corrected chi connectivity index (χ3v) is 2.69. The van der Waals surface area contributed by atoms with E-state index < -0.39 is 5.97 Å². The number of hydrogen-bond donors (Lipinski definition) is 2. The molecule has 0 aromatic carbocycles. The minimum atomic E-state index is -0.901. The van der Waals surface area contributed by atoms with Crippen LogP contribution in [0.1, 0.15) is 25.7 Å². The maximum absolute atomic E-state index is 10.3. The SMILES string of the molecule is O=C(O)C=CC1CCCCC1CO. The molecule has 0 aromatic rings. The molecule has 2 unspecified atom stereocenters. The molecular formula is C10H16O3. The van der Waals surface area contributed by atoms with E-state index in [-0.39, 0.29) is 18.4 Å². The fourth-order valence-corrected chi connectivity index (χ4v) is 1.92. The molecule has 0 heterocycles. The molecule has 0 spiro atoms. The average molecular weight is 184 g/mol. The van der Waals surface area contributed by atoms with Crippen molar-refractivity contribution in [1.29, 1.82) is 0 Å². The number of rotatable bonds is 3. The van der Waals surface area contributed by atoms with Gasteiger partial charge in [0.2, 0.25) is 0 Å². The van der Waals surface area contributed by atoms with E-state index in [4.69, 9.17) is 10.2 Å². The molecule has 1 rings (SSSR count). The fourth-order valence-electron chi connectivity index (χ4n) is 1.92. The minimum absolute atomic E-state index is 0.175. The maximum Gasteiger partial charge on any atom is 0.327 e. The molecule has 1 aliphatic carbocycles. The van der Waals surface area contributed by atoms with Crippen LogP contribution in [0.3, 0.4) is 0 Å². The summed E-state index contributed by atoms with van der Waals surface area (Å²) in [6.07, 6.45) is 7.24. The molecule has 74 valence electrons. The van der Waals surface area contributed by atoms with Gasteiger partial charge in [-0.15, -0.1) is 0 Å². The lowest BCUT2D eigenvalue weighted by Gasteiger charge is -2.27. The highest BCUT2D eigenvalue weighted by Crippen LogP contribution is 2.30. The van der Waals surface area contributed by atoms with Crippen molar-refractivity contribution < 1.29 is 15.0 Å². The number of aliphatic hydroxyl groups excluding tert-OH is 1. The van der Waals surface area contributed by atoms with E-state index >= 15 is 0 Å². The lowest BCUT2D eigenvalue weighted by atomic mass is 9.79. The monoisotopic (exact) mass is 184 g/mol. The zero-order chi connectivity index (χ0) is 9.68. The van der Waals surface area contributed by atoms with Crippen LogP contribution in [0.25, 0.3) is 0 Å². The van der Waals surface area contributed by atoms with Crippen molar-refractivity contribution in [1.82, 2.24) is 0 Å². The van der Waals surface area contributed by atoms with Gasteiger partial charge in [-0.05, 0) is 24.7 Å². The Kier molecular flexibility index (Phi) is 3.96. The van der Waals surface area contributed by atoms with E-state index in [1.807, 2.05) is 0 Å². The van der Waals surface area contributed by atoms with Crippen LogP contribution in [-0.4, -0.2) is 22.8 Å². The van der Waals surface area contributed by atoms with Gasteiger partial charge in [-0.1, -0.05) is 18.9 Å². The Morgan fingerprint density at radius 1 is 1.38 bits per heavy atom. The van der Waals surface area contributed by atoms with Crippen LogP contribution in [0.4, 0.5) is 0 Å². The number of allylic oxidation sites excluding steroid dienone is 1. The highest BCUT2D eigenvalue weighted by molar-refractivity contribution is 5.79.